The number of ether oxygens (including phenoxy) is 3. The van der Waals surface area contributed by atoms with Crippen molar-refractivity contribution >= 4 is 11.9 Å². The number of hydrogen-bond donors (Lipinski definition) is 1. The summed E-state index contributed by atoms with van der Waals surface area (Å²) < 4.78 is 15.8. The largest absolute Gasteiger partial charge is 0.497 e. The standard InChI is InChI=1S/C19H19NO5/c1-23-13-7-8-16(24-2)12(9-13)11-20-18(21)10-17-14-5-3-4-6-15(14)19(22)25-17/h3-9,17H,10-11H2,1-2H3,(H,20,21). The van der Waals surface area contributed by atoms with E-state index in [9.17, 15) is 9.59 Å². The monoisotopic (exact) mass is 341 g/mol. The molecule has 3 rings (SSSR count). The fourth-order valence-electron chi connectivity index (χ4n) is 2.83. The summed E-state index contributed by atoms with van der Waals surface area (Å²) >= 11 is 0. The smallest absolute Gasteiger partial charge is 0.339 e. The maximum atomic E-state index is 12.3. The predicted molar refractivity (Wildman–Crippen MR) is 90.6 cm³/mol. The van der Waals surface area contributed by atoms with Gasteiger partial charge in [0.1, 0.15) is 17.6 Å². The molecule has 6 nitrogen and oxygen atoms in total. The quantitative estimate of drug-likeness (QED) is 0.818. The Morgan fingerprint density at radius 2 is 1.96 bits per heavy atom. The van der Waals surface area contributed by atoms with Crippen molar-refractivity contribution in [3.05, 3.63) is 59.2 Å². The molecule has 1 heterocycles. The molecule has 1 N–H and O–H groups in total. The van der Waals surface area contributed by atoms with Gasteiger partial charge in [0, 0.05) is 17.7 Å². The highest BCUT2D eigenvalue weighted by Crippen LogP contribution is 2.32. The number of carbonyl (C=O) groups excluding carboxylic acids is 2. The molecule has 0 radical (unpaired) electrons. The summed E-state index contributed by atoms with van der Waals surface area (Å²) in [4.78, 5) is 24.1. The minimum Gasteiger partial charge on any atom is -0.497 e. The molecule has 1 atom stereocenters. The van der Waals surface area contributed by atoms with Crippen molar-refractivity contribution in [3.63, 3.8) is 0 Å². The van der Waals surface area contributed by atoms with Crippen LogP contribution in [0.15, 0.2) is 42.5 Å². The van der Waals surface area contributed by atoms with E-state index in [0.29, 0.717) is 23.6 Å². The Morgan fingerprint density at radius 1 is 1.16 bits per heavy atom. The van der Waals surface area contributed by atoms with E-state index in [2.05, 4.69) is 5.32 Å². The first kappa shape index (κ1) is 16.8. The van der Waals surface area contributed by atoms with Gasteiger partial charge >= 0.3 is 5.97 Å². The van der Waals surface area contributed by atoms with E-state index in [4.69, 9.17) is 14.2 Å². The molecule has 0 spiro atoms. The average molecular weight is 341 g/mol. The van der Waals surface area contributed by atoms with Crippen molar-refractivity contribution in [2.45, 2.75) is 19.1 Å². The van der Waals surface area contributed by atoms with Crippen LogP contribution in [0.5, 0.6) is 11.5 Å². The fraction of sp³-hybridized carbons (Fsp3) is 0.263. The van der Waals surface area contributed by atoms with E-state index in [1.807, 2.05) is 18.2 Å². The molecule has 0 saturated carbocycles. The molecule has 1 unspecified atom stereocenters. The number of methoxy groups -OCH3 is 2. The fourth-order valence-corrected chi connectivity index (χ4v) is 2.83. The molecule has 2 aromatic carbocycles. The van der Waals surface area contributed by atoms with Crippen LogP contribution in [0.25, 0.3) is 0 Å². The summed E-state index contributed by atoms with van der Waals surface area (Å²) in [6, 6.07) is 12.5. The molecular weight excluding hydrogens is 322 g/mol. The first-order valence-corrected chi connectivity index (χ1v) is 7.90. The van der Waals surface area contributed by atoms with Crippen molar-refractivity contribution in [1.82, 2.24) is 5.32 Å². The minimum atomic E-state index is -0.545. The molecule has 0 fully saturated rings. The van der Waals surface area contributed by atoms with Gasteiger partial charge in [0.25, 0.3) is 0 Å². The molecule has 25 heavy (non-hydrogen) atoms. The molecule has 0 aromatic heterocycles. The number of hydrogen-bond acceptors (Lipinski definition) is 5. The SMILES string of the molecule is COc1ccc(OC)c(CNC(=O)CC2OC(=O)c3ccccc32)c1. The van der Waals surface area contributed by atoms with Gasteiger partial charge in [0.15, 0.2) is 0 Å². The summed E-state index contributed by atoms with van der Waals surface area (Å²) in [5.74, 6) is 0.754. The molecule has 0 saturated heterocycles. The summed E-state index contributed by atoms with van der Waals surface area (Å²) in [7, 11) is 3.15. The van der Waals surface area contributed by atoms with Gasteiger partial charge in [0.05, 0.1) is 26.2 Å². The second-order valence-electron chi connectivity index (χ2n) is 5.64. The van der Waals surface area contributed by atoms with Crippen LogP contribution in [-0.4, -0.2) is 26.1 Å². The predicted octanol–water partition coefficient (Wildman–Crippen LogP) is 2.62. The normalized spacial score (nSPS) is 15.3. The molecule has 1 amide bonds. The number of rotatable bonds is 6. The minimum absolute atomic E-state index is 0.0784. The van der Waals surface area contributed by atoms with E-state index in [1.54, 1.807) is 38.5 Å². The molecule has 1 aliphatic heterocycles. The van der Waals surface area contributed by atoms with Gasteiger partial charge in [-0.3, -0.25) is 4.79 Å². The Kier molecular flexibility index (Phi) is 4.88. The Morgan fingerprint density at radius 3 is 2.72 bits per heavy atom. The highest BCUT2D eigenvalue weighted by molar-refractivity contribution is 5.94. The van der Waals surface area contributed by atoms with Crippen LogP contribution in [0.3, 0.4) is 0 Å². The molecule has 6 heteroatoms. The summed E-state index contributed by atoms with van der Waals surface area (Å²) in [6.07, 6.45) is -0.467. The van der Waals surface area contributed by atoms with E-state index in [1.165, 1.54) is 0 Å². The number of nitrogens with one attached hydrogen (secondary N) is 1. The van der Waals surface area contributed by atoms with Crippen LogP contribution in [0.2, 0.25) is 0 Å². The van der Waals surface area contributed by atoms with Crippen molar-refractivity contribution in [2.24, 2.45) is 0 Å². The lowest BCUT2D eigenvalue weighted by atomic mass is 10.0. The third-order valence-electron chi connectivity index (χ3n) is 4.11. The lowest BCUT2D eigenvalue weighted by Gasteiger charge is -2.13. The van der Waals surface area contributed by atoms with Gasteiger partial charge in [-0.1, -0.05) is 18.2 Å². The van der Waals surface area contributed by atoms with E-state index < -0.39 is 6.10 Å². The number of carbonyl (C=O) groups is 2. The average Bonchev–Trinajstić information content (AvgIpc) is 2.95. The summed E-state index contributed by atoms with van der Waals surface area (Å²) in [5.41, 5.74) is 2.08. The number of benzene rings is 2. The molecule has 2 aromatic rings. The lowest BCUT2D eigenvalue weighted by molar-refractivity contribution is -0.123. The molecule has 0 bridgehead atoms. The van der Waals surface area contributed by atoms with E-state index in [-0.39, 0.29) is 18.3 Å². The summed E-state index contributed by atoms with van der Waals surface area (Å²) in [6.45, 7) is 0.293. The van der Waals surface area contributed by atoms with Gasteiger partial charge in [-0.25, -0.2) is 4.79 Å². The van der Waals surface area contributed by atoms with Crippen LogP contribution >= 0.6 is 0 Å². The number of cyclic esters (lactones) is 1. The Bertz CT molecular complexity index is 802. The third kappa shape index (κ3) is 3.57. The van der Waals surface area contributed by atoms with Gasteiger partial charge in [-0.2, -0.15) is 0 Å². The van der Waals surface area contributed by atoms with Gasteiger partial charge in [-0.15, -0.1) is 0 Å². The highest BCUT2D eigenvalue weighted by Gasteiger charge is 2.31. The van der Waals surface area contributed by atoms with Gasteiger partial charge in [0.2, 0.25) is 5.91 Å². The zero-order valence-electron chi connectivity index (χ0n) is 14.1. The Hall–Kier alpha value is -3.02. The third-order valence-corrected chi connectivity index (χ3v) is 4.11. The van der Waals surface area contributed by atoms with Gasteiger partial charge < -0.3 is 19.5 Å². The van der Waals surface area contributed by atoms with Crippen LogP contribution in [0.4, 0.5) is 0 Å². The van der Waals surface area contributed by atoms with Crippen LogP contribution in [-0.2, 0) is 16.1 Å². The van der Waals surface area contributed by atoms with Crippen LogP contribution in [0.1, 0.15) is 34.0 Å². The zero-order valence-corrected chi connectivity index (χ0v) is 14.1. The highest BCUT2D eigenvalue weighted by atomic mass is 16.5. The van der Waals surface area contributed by atoms with Crippen molar-refractivity contribution in [2.75, 3.05) is 14.2 Å². The lowest BCUT2D eigenvalue weighted by Crippen LogP contribution is -2.25. The molecule has 0 aliphatic carbocycles. The number of fused-ring (bicyclic) bond motifs is 1. The first-order valence-electron chi connectivity index (χ1n) is 7.90. The molecule has 1 aliphatic rings. The van der Waals surface area contributed by atoms with E-state index in [0.717, 1.165) is 11.1 Å². The Balaban J connectivity index is 1.64. The Labute approximate surface area is 145 Å². The van der Waals surface area contributed by atoms with Gasteiger partial charge in [-0.05, 0) is 24.3 Å². The number of esters is 1. The second-order valence-corrected chi connectivity index (χ2v) is 5.64. The first-order chi connectivity index (χ1) is 12.1. The maximum absolute atomic E-state index is 12.3. The van der Waals surface area contributed by atoms with Crippen LogP contribution in [0, 0.1) is 0 Å². The van der Waals surface area contributed by atoms with E-state index >= 15 is 0 Å². The van der Waals surface area contributed by atoms with Crippen molar-refractivity contribution in [1.29, 1.82) is 0 Å². The van der Waals surface area contributed by atoms with Crippen molar-refractivity contribution in [3.8, 4) is 11.5 Å². The maximum Gasteiger partial charge on any atom is 0.339 e. The molecular formula is C19H19NO5. The second kappa shape index (κ2) is 7.25. The summed E-state index contributed by atoms with van der Waals surface area (Å²) in [5, 5.41) is 2.83. The topological polar surface area (TPSA) is 73.9 Å². The zero-order chi connectivity index (χ0) is 17.8. The molecule has 130 valence electrons. The van der Waals surface area contributed by atoms with Crippen LogP contribution < -0.4 is 14.8 Å². The van der Waals surface area contributed by atoms with Crippen molar-refractivity contribution < 1.29 is 23.8 Å². The number of amides is 1.